The lowest BCUT2D eigenvalue weighted by molar-refractivity contribution is -0.137. The van der Waals surface area contributed by atoms with Crippen LogP contribution in [0.25, 0.3) is 0 Å². The summed E-state index contributed by atoms with van der Waals surface area (Å²) in [4.78, 5) is 0. The van der Waals surface area contributed by atoms with E-state index in [1.54, 1.807) is 6.07 Å². The summed E-state index contributed by atoms with van der Waals surface area (Å²) in [7, 11) is 0. The first-order valence-electron chi connectivity index (χ1n) is 5.75. The number of rotatable bonds is 3. The van der Waals surface area contributed by atoms with Gasteiger partial charge in [0, 0.05) is 22.8 Å². The van der Waals surface area contributed by atoms with Crippen molar-refractivity contribution in [2.45, 2.75) is 12.7 Å². The van der Waals surface area contributed by atoms with E-state index in [0.29, 0.717) is 16.3 Å². The lowest BCUT2D eigenvalue weighted by Crippen LogP contribution is -2.06. The molecular weight excluding hydrogens is 291 g/mol. The van der Waals surface area contributed by atoms with Crippen LogP contribution in [0.4, 0.5) is 18.9 Å². The number of hydrogen-bond acceptors (Lipinski definition) is 2. The van der Waals surface area contributed by atoms with E-state index >= 15 is 0 Å². The molecule has 0 atom stereocenters. The molecule has 0 aromatic heterocycles. The van der Waals surface area contributed by atoms with Crippen LogP contribution in [-0.2, 0) is 12.7 Å². The number of phenols is 1. The first-order chi connectivity index (χ1) is 9.36. The van der Waals surface area contributed by atoms with E-state index < -0.39 is 11.7 Å². The van der Waals surface area contributed by atoms with Crippen molar-refractivity contribution < 1.29 is 18.3 Å². The number of aromatic hydroxyl groups is 1. The van der Waals surface area contributed by atoms with Crippen molar-refractivity contribution in [2.24, 2.45) is 0 Å². The minimum absolute atomic E-state index is 0.0360. The smallest absolute Gasteiger partial charge is 0.416 e. The van der Waals surface area contributed by atoms with Gasteiger partial charge in [0.15, 0.2) is 0 Å². The van der Waals surface area contributed by atoms with Gasteiger partial charge in [-0.3, -0.25) is 0 Å². The Morgan fingerprint density at radius 1 is 1.10 bits per heavy atom. The molecule has 2 aromatic rings. The maximum Gasteiger partial charge on any atom is 0.416 e. The van der Waals surface area contributed by atoms with Crippen molar-refractivity contribution in [1.82, 2.24) is 0 Å². The Hall–Kier alpha value is -1.88. The molecule has 0 heterocycles. The molecule has 0 aliphatic rings. The molecule has 2 rings (SSSR count). The molecule has 0 radical (unpaired) electrons. The van der Waals surface area contributed by atoms with E-state index in [1.165, 1.54) is 24.3 Å². The van der Waals surface area contributed by atoms with Gasteiger partial charge in [-0.15, -0.1) is 0 Å². The largest absolute Gasteiger partial charge is 0.508 e. The molecule has 0 aliphatic carbocycles. The maximum atomic E-state index is 12.6. The van der Waals surface area contributed by atoms with Crippen LogP contribution in [0.5, 0.6) is 5.75 Å². The molecule has 2 aromatic carbocycles. The molecule has 0 bridgehead atoms. The quantitative estimate of drug-likeness (QED) is 0.863. The second-order valence-electron chi connectivity index (χ2n) is 4.21. The topological polar surface area (TPSA) is 32.3 Å². The van der Waals surface area contributed by atoms with Gasteiger partial charge in [0.25, 0.3) is 0 Å². The van der Waals surface area contributed by atoms with Gasteiger partial charge < -0.3 is 10.4 Å². The lowest BCUT2D eigenvalue weighted by Gasteiger charge is -2.11. The van der Waals surface area contributed by atoms with Crippen molar-refractivity contribution in [3.8, 4) is 5.75 Å². The van der Waals surface area contributed by atoms with E-state index in [4.69, 9.17) is 11.6 Å². The Labute approximate surface area is 118 Å². The molecule has 0 saturated heterocycles. The highest BCUT2D eigenvalue weighted by atomic mass is 35.5. The fourth-order valence-corrected chi connectivity index (χ4v) is 1.89. The number of halogens is 4. The molecule has 2 N–H and O–H groups in total. The standard InChI is InChI=1S/C14H11ClF3NO/c15-11-4-5-13(20)9(6-11)8-19-12-3-1-2-10(7-12)14(16,17)18/h1-7,19-20H,8H2. The van der Waals surface area contributed by atoms with Crippen LogP contribution >= 0.6 is 11.6 Å². The molecule has 0 amide bonds. The Morgan fingerprint density at radius 3 is 2.55 bits per heavy atom. The van der Waals surface area contributed by atoms with Crippen LogP contribution < -0.4 is 5.32 Å². The third-order valence-corrected chi connectivity index (χ3v) is 2.95. The van der Waals surface area contributed by atoms with Gasteiger partial charge in [-0.05, 0) is 36.4 Å². The predicted molar refractivity (Wildman–Crippen MR) is 71.9 cm³/mol. The average Bonchev–Trinajstić information content (AvgIpc) is 2.39. The van der Waals surface area contributed by atoms with Crippen LogP contribution in [0, 0.1) is 0 Å². The van der Waals surface area contributed by atoms with Crippen molar-refractivity contribution in [2.75, 3.05) is 5.32 Å². The highest BCUT2D eigenvalue weighted by Gasteiger charge is 2.30. The molecule has 0 unspecified atom stereocenters. The first kappa shape index (κ1) is 14.5. The fraction of sp³-hybridized carbons (Fsp3) is 0.143. The summed E-state index contributed by atoms with van der Waals surface area (Å²) in [5.74, 6) is 0.0360. The fourth-order valence-electron chi connectivity index (χ4n) is 1.70. The van der Waals surface area contributed by atoms with Crippen LogP contribution in [0.1, 0.15) is 11.1 Å². The molecule has 6 heteroatoms. The van der Waals surface area contributed by atoms with Crippen LogP contribution in [0.2, 0.25) is 5.02 Å². The Balaban J connectivity index is 2.13. The van der Waals surface area contributed by atoms with Gasteiger partial charge in [-0.1, -0.05) is 17.7 Å². The van der Waals surface area contributed by atoms with Gasteiger partial charge in [-0.2, -0.15) is 13.2 Å². The van der Waals surface area contributed by atoms with Gasteiger partial charge in [0.1, 0.15) is 5.75 Å². The van der Waals surface area contributed by atoms with Gasteiger partial charge in [-0.25, -0.2) is 0 Å². The highest BCUT2D eigenvalue weighted by molar-refractivity contribution is 6.30. The van der Waals surface area contributed by atoms with E-state index in [0.717, 1.165) is 12.1 Å². The molecule has 106 valence electrons. The monoisotopic (exact) mass is 301 g/mol. The lowest BCUT2D eigenvalue weighted by atomic mass is 10.1. The zero-order chi connectivity index (χ0) is 14.8. The zero-order valence-corrected chi connectivity index (χ0v) is 11.0. The molecule has 0 fully saturated rings. The van der Waals surface area contributed by atoms with Gasteiger partial charge in [0.05, 0.1) is 5.56 Å². The van der Waals surface area contributed by atoms with Crippen molar-refractivity contribution in [3.63, 3.8) is 0 Å². The van der Waals surface area contributed by atoms with Gasteiger partial charge in [0.2, 0.25) is 0 Å². The Bertz CT molecular complexity index is 614. The number of alkyl halides is 3. The third-order valence-electron chi connectivity index (χ3n) is 2.71. The predicted octanol–water partition coefficient (Wildman–Crippen LogP) is 4.68. The minimum atomic E-state index is -4.38. The minimum Gasteiger partial charge on any atom is -0.508 e. The molecular formula is C14H11ClF3NO. The normalized spacial score (nSPS) is 11.4. The number of nitrogens with one attached hydrogen (secondary N) is 1. The molecule has 2 nitrogen and oxygen atoms in total. The Morgan fingerprint density at radius 2 is 1.85 bits per heavy atom. The van der Waals surface area contributed by atoms with E-state index in [1.807, 2.05) is 0 Å². The van der Waals surface area contributed by atoms with Crippen LogP contribution in [0.15, 0.2) is 42.5 Å². The third kappa shape index (κ3) is 3.57. The first-order valence-corrected chi connectivity index (χ1v) is 6.12. The molecule has 0 saturated carbocycles. The summed E-state index contributed by atoms with van der Waals surface area (Å²) in [6.45, 7) is 0.174. The van der Waals surface area contributed by atoms with E-state index in [9.17, 15) is 18.3 Å². The number of phenolic OH excluding ortho intramolecular Hbond substituents is 1. The summed E-state index contributed by atoms with van der Waals surface area (Å²) in [5, 5.41) is 12.9. The number of benzene rings is 2. The SMILES string of the molecule is Oc1ccc(Cl)cc1CNc1cccc(C(F)(F)F)c1. The highest BCUT2D eigenvalue weighted by Crippen LogP contribution is 2.31. The summed E-state index contributed by atoms with van der Waals surface area (Å²) in [6.07, 6.45) is -4.38. The second kappa shape index (κ2) is 5.63. The Kier molecular flexibility index (Phi) is 4.09. The summed E-state index contributed by atoms with van der Waals surface area (Å²) < 4.78 is 37.7. The molecule has 0 aliphatic heterocycles. The number of anilines is 1. The van der Waals surface area contributed by atoms with Crippen molar-refractivity contribution in [3.05, 3.63) is 58.6 Å². The molecule has 20 heavy (non-hydrogen) atoms. The summed E-state index contributed by atoms with van der Waals surface area (Å²) in [6, 6.07) is 9.39. The van der Waals surface area contributed by atoms with Gasteiger partial charge >= 0.3 is 6.18 Å². The van der Waals surface area contributed by atoms with E-state index in [2.05, 4.69) is 5.32 Å². The molecule has 0 spiro atoms. The van der Waals surface area contributed by atoms with E-state index in [-0.39, 0.29) is 12.3 Å². The average molecular weight is 302 g/mol. The van der Waals surface area contributed by atoms with Crippen molar-refractivity contribution in [1.29, 1.82) is 0 Å². The van der Waals surface area contributed by atoms with Crippen LogP contribution in [-0.4, -0.2) is 5.11 Å². The number of hydrogen-bond donors (Lipinski definition) is 2. The summed E-state index contributed by atoms with van der Waals surface area (Å²) >= 11 is 5.80. The van der Waals surface area contributed by atoms with Crippen LogP contribution in [0.3, 0.4) is 0 Å². The summed E-state index contributed by atoms with van der Waals surface area (Å²) in [5.41, 5.74) is 0.104. The van der Waals surface area contributed by atoms with Crippen molar-refractivity contribution >= 4 is 17.3 Å². The zero-order valence-electron chi connectivity index (χ0n) is 10.2. The second-order valence-corrected chi connectivity index (χ2v) is 4.64. The maximum absolute atomic E-state index is 12.6.